The number of ether oxygens (including phenoxy) is 1. The molecule has 1 aliphatic heterocycles. The molecule has 0 radical (unpaired) electrons. The number of likely N-dealkylation sites (tertiary alicyclic amines) is 1. The molecule has 1 unspecified atom stereocenters. The first-order chi connectivity index (χ1) is 13.8. The van der Waals surface area contributed by atoms with E-state index in [9.17, 15) is 24.3 Å². The molecule has 1 saturated heterocycles. The minimum absolute atomic E-state index is 0.0142. The molecule has 0 spiro atoms. The fourth-order valence-corrected chi connectivity index (χ4v) is 3.56. The van der Waals surface area contributed by atoms with Crippen molar-refractivity contribution in [2.24, 2.45) is 0 Å². The first-order valence-electron chi connectivity index (χ1n) is 9.80. The van der Waals surface area contributed by atoms with Gasteiger partial charge in [0.15, 0.2) is 5.78 Å². The molecule has 1 aromatic rings. The third-order valence-corrected chi connectivity index (χ3v) is 5.12. The van der Waals surface area contributed by atoms with Gasteiger partial charge in [-0.25, -0.2) is 4.79 Å². The zero-order valence-corrected chi connectivity index (χ0v) is 16.8. The van der Waals surface area contributed by atoms with Crippen LogP contribution in [0.15, 0.2) is 30.3 Å². The Bertz CT molecular complexity index is 736. The summed E-state index contributed by atoms with van der Waals surface area (Å²) in [5.41, 5.74) is 0.618. The summed E-state index contributed by atoms with van der Waals surface area (Å²) >= 11 is 0. The number of carboxylic acids is 1. The average Bonchev–Trinajstić information content (AvgIpc) is 3.22. The maximum atomic E-state index is 12.7. The van der Waals surface area contributed by atoms with Crippen molar-refractivity contribution in [2.75, 3.05) is 13.7 Å². The normalized spacial score (nSPS) is 18.1. The van der Waals surface area contributed by atoms with Crippen LogP contribution in [0.4, 0.5) is 0 Å². The number of carbonyl (C=O) groups is 4. The van der Waals surface area contributed by atoms with E-state index in [4.69, 9.17) is 4.74 Å². The van der Waals surface area contributed by atoms with Gasteiger partial charge in [0.25, 0.3) is 0 Å². The molecule has 1 amide bonds. The van der Waals surface area contributed by atoms with Crippen LogP contribution in [-0.2, 0) is 19.1 Å². The van der Waals surface area contributed by atoms with Gasteiger partial charge >= 0.3 is 11.9 Å². The number of aliphatic carboxylic acids is 1. The number of nitrogens with one attached hydrogen (secondary N) is 1. The van der Waals surface area contributed by atoms with Gasteiger partial charge in [-0.3, -0.25) is 19.7 Å². The van der Waals surface area contributed by atoms with Crippen molar-refractivity contribution < 1.29 is 29.0 Å². The predicted octanol–water partition coefficient (Wildman–Crippen LogP) is 1.63. The highest BCUT2D eigenvalue weighted by atomic mass is 16.5. The number of hydrogen-bond donors (Lipinski definition) is 2. The molecule has 0 aromatic heterocycles. The zero-order valence-electron chi connectivity index (χ0n) is 16.8. The third-order valence-electron chi connectivity index (χ3n) is 5.12. The van der Waals surface area contributed by atoms with E-state index in [0.717, 1.165) is 0 Å². The molecule has 2 rings (SSSR count). The van der Waals surface area contributed by atoms with Crippen LogP contribution in [0.5, 0.6) is 0 Å². The fourth-order valence-electron chi connectivity index (χ4n) is 3.56. The number of ketones is 1. The number of Topliss-reactive ketones (excluding diaryl/α,β-unsaturated/α-hetero) is 1. The topological polar surface area (TPSA) is 113 Å². The van der Waals surface area contributed by atoms with E-state index >= 15 is 0 Å². The lowest BCUT2D eigenvalue weighted by Crippen LogP contribution is -2.53. The van der Waals surface area contributed by atoms with Crippen LogP contribution in [0.1, 0.15) is 49.4 Å². The Morgan fingerprint density at radius 1 is 1.24 bits per heavy atom. The van der Waals surface area contributed by atoms with E-state index in [1.54, 1.807) is 31.2 Å². The maximum Gasteiger partial charge on any atom is 0.326 e. The van der Waals surface area contributed by atoms with E-state index in [1.165, 1.54) is 12.0 Å². The van der Waals surface area contributed by atoms with Crippen molar-refractivity contribution in [3.05, 3.63) is 35.9 Å². The van der Waals surface area contributed by atoms with Gasteiger partial charge in [0.2, 0.25) is 5.91 Å². The highest BCUT2D eigenvalue weighted by molar-refractivity contribution is 5.96. The summed E-state index contributed by atoms with van der Waals surface area (Å²) in [7, 11) is 1.26. The molecule has 2 N–H and O–H groups in total. The Labute approximate surface area is 170 Å². The van der Waals surface area contributed by atoms with E-state index in [1.807, 2.05) is 6.07 Å². The minimum atomic E-state index is -1.02. The molecule has 1 aromatic carbocycles. The summed E-state index contributed by atoms with van der Waals surface area (Å²) in [5.74, 6) is -1.91. The van der Waals surface area contributed by atoms with Gasteiger partial charge in [-0.2, -0.15) is 0 Å². The van der Waals surface area contributed by atoms with Crippen molar-refractivity contribution in [1.29, 1.82) is 0 Å². The summed E-state index contributed by atoms with van der Waals surface area (Å²) in [5, 5.41) is 12.2. The molecule has 0 saturated carbocycles. The van der Waals surface area contributed by atoms with Crippen molar-refractivity contribution in [1.82, 2.24) is 10.2 Å². The van der Waals surface area contributed by atoms with Crippen LogP contribution in [0.25, 0.3) is 0 Å². The van der Waals surface area contributed by atoms with Gasteiger partial charge in [0, 0.05) is 18.5 Å². The molecular formula is C21H28N2O6. The minimum Gasteiger partial charge on any atom is -0.480 e. The van der Waals surface area contributed by atoms with Crippen molar-refractivity contribution in [3.8, 4) is 0 Å². The molecule has 158 valence electrons. The summed E-state index contributed by atoms with van der Waals surface area (Å²) in [6, 6.07) is 6.58. The number of nitrogens with zero attached hydrogens (tertiary/aromatic N) is 1. The zero-order chi connectivity index (χ0) is 21.4. The predicted molar refractivity (Wildman–Crippen MR) is 105 cm³/mol. The van der Waals surface area contributed by atoms with Crippen LogP contribution in [0.2, 0.25) is 0 Å². The molecule has 29 heavy (non-hydrogen) atoms. The largest absolute Gasteiger partial charge is 0.480 e. The molecule has 8 heteroatoms. The van der Waals surface area contributed by atoms with Gasteiger partial charge < -0.3 is 14.7 Å². The number of hydrogen-bond acceptors (Lipinski definition) is 6. The van der Waals surface area contributed by atoms with Crippen LogP contribution in [-0.4, -0.2) is 65.4 Å². The van der Waals surface area contributed by atoms with E-state index < -0.39 is 30.1 Å². The number of benzene rings is 1. The number of esters is 1. The van der Waals surface area contributed by atoms with Gasteiger partial charge in [0.05, 0.1) is 13.2 Å². The number of carbonyl (C=O) groups excluding carboxylic acids is 3. The Hall–Kier alpha value is -2.74. The lowest BCUT2D eigenvalue weighted by Gasteiger charge is -2.27. The molecular weight excluding hydrogens is 376 g/mol. The second-order valence-electron chi connectivity index (χ2n) is 7.17. The molecule has 1 heterocycles. The third kappa shape index (κ3) is 6.12. The Morgan fingerprint density at radius 3 is 2.55 bits per heavy atom. The number of methoxy groups -OCH3 is 1. The highest BCUT2D eigenvalue weighted by Crippen LogP contribution is 2.19. The molecule has 1 fully saturated rings. The van der Waals surface area contributed by atoms with Crippen molar-refractivity contribution in [2.45, 2.75) is 57.2 Å². The van der Waals surface area contributed by atoms with Crippen LogP contribution in [0.3, 0.4) is 0 Å². The van der Waals surface area contributed by atoms with Gasteiger partial charge in [-0.1, -0.05) is 30.3 Å². The Kier molecular flexibility index (Phi) is 8.33. The summed E-state index contributed by atoms with van der Waals surface area (Å²) in [4.78, 5) is 49.7. The highest BCUT2D eigenvalue weighted by Gasteiger charge is 2.36. The Balaban J connectivity index is 1.92. The smallest absolute Gasteiger partial charge is 0.326 e. The molecule has 3 atom stereocenters. The monoisotopic (exact) mass is 404 g/mol. The van der Waals surface area contributed by atoms with Crippen LogP contribution >= 0.6 is 0 Å². The second-order valence-corrected chi connectivity index (χ2v) is 7.17. The van der Waals surface area contributed by atoms with Crippen LogP contribution in [0, 0.1) is 0 Å². The lowest BCUT2D eigenvalue weighted by atomic mass is 10.0. The summed E-state index contributed by atoms with van der Waals surface area (Å²) in [6.07, 6.45) is 2.11. The Morgan fingerprint density at radius 2 is 1.93 bits per heavy atom. The first kappa shape index (κ1) is 22.5. The second kappa shape index (κ2) is 10.7. The van der Waals surface area contributed by atoms with Gasteiger partial charge in [-0.15, -0.1) is 0 Å². The van der Waals surface area contributed by atoms with Gasteiger partial charge in [0.1, 0.15) is 12.1 Å². The summed E-state index contributed by atoms with van der Waals surface area (Å²) in [6.45, 7) is 1.99. The van der Waals surface area contributed by atoms with E-state index in [2.05, 4.69) is 5.32 Å². The van der Waals surface area contributed by atoms with Crippen molar-refractivity contribution in [3.63, 3.8) is 0 Å². The molecule has 1 aliphatic rings. The van der Waals surface area contributed by atoms with Crippen molar-refractivity contribution >= 4 is 23.6 Å². The summed E-state index contributed by atoms with van der Waals surface area (Å²) < 4.78 is 4.81. The maximum absolute atomic E-state index is 12.7. The molecule has 0 bridgehead atoms. The number of rotatable bonds is 10. The number of carboxylic acid groups (broad SMARTS) is 1. The molecule has 0 aliphatic carbocycles. The quantitative estimate of drug-likeness (QED) is 0.450. The fraction of sp³-hybridized carbons (Fsp3) is 0.524. The standard InChI is InChI=1S/C21H28N2O6/c1-14(19(25)23-13-7-11-17(23)20(26)27)22-16(21(28)29-2)10-6-12-18(24)15-8-4-3-5-9-15/h3-5,8-9,14,16-17,22H,6-7,10-13H2,1-2H3,(H,26,27)/t14-,16?,17-/m0/s1. The molecule has 8 nitrogen and oxygen atoms in total. The lowest BCUT2D eigenvalue weighted by molar-refractivity contribution is -0.150. The number of amides is 1. The van der Waals surface area contributed by atoms with E-state index in [-0.39, 0.29) is 18.1 Å². The first-order valence-corrected chi connectivity index (χ1v) is 9.80. The van der Waals surface area contributed by atoms with Gasteiger partial charge in [-0.05, 0) is 32.6 Å². The van der Waals surface area contributed by atoms with E-state index in [0.29, 0.717) is 37.8 Å². The SMILES string of the molecule is COC(=O)C(CCCC(=O)c1ccccc1)N[C@@H](C)C(=O)N1CCC[C@H]1C(=O)O. The average molecular weight is 404 g/mol. The van der Waals surface area contributed by atoms with Crippen LogP contribution < -0.4 is 5.32 Å².